The molecule has 0 aliphatic heterocycles. The van der Waals surface area contributed by atoms with Gasteiger partial charge in [0.25, 0.3) is 0 Å². The number of carbonyl (C=O) groups excluding carboxylic acids is 2. The molecule has 0 fully saturated rings. The van der Waals surface area contributed by atoms with Crippen LogP contribution in [0.25, 0.3) is 0 Å². The van der Waals surface area contributed by atoms with E-state index in [0.29, 0.717) is 25.7 Å². The molecule has 0 aliphatic carbocycles. The van der Waals surface area contributed by atoms with Gasteiger partial charge in [-0.25, -0.2) is 0 Å². The fraction of sp³-hybridized carbons (Fsp3) is 0.952. The molecular formula is C42H85BNO4PSi. The van der Waals surface area contributed by atoms with Crippen molar-refractivity contribution in [3.8, 4) is 0 Å². The number of unbranched alkanes of at least 4 members (excludes halogenated alkanes) is 26. The Bertz CT molecular complexity index is 801. The number of nitrogens with one attached hydrogen (secondary N) is 1. The molecule has 0 aromatic rings. The molecule has 0 aromatic heterocycles. The summed E-state index contributed by atoms with van der Waals surface area (Å²) in [6.07, 6.45) is 38.6. The van der Waals surface area contributed by atoms with Gasteiger partial charge >= 0.3 is 5.97 Å². The molecule has 1 N–H and O–H groups in total. The predicted octanol–water partition coefficient (Wildman–Crippen LogP) is 12.5. The molecule has 294 valence electrons. The minimum Gasteiger partial charge on any atom is -0.460 e. The molecular weight excluding hydrogens is 652 g/mol. The van der Waals surface area contributed by atoms with Crippen LogP contribution in [0.3, 0.4) is 0 Å². The third-order valence-corrected chi connectivity index (χ3v) is 11.0. The van der Waals surface area contributed by atoms with Crippen LogP contribution in [0.15, 0.2) is 0 Å². The van der Waals surface area contributed by atoms with Crippen molar-refractivity contribution < 1.29 is 18.8 Å². The van der Waals surface area contributed by atoms with E-state index in [4.69, 9.17) is 19.1 Å². The number of carbonyl (C=O) groups is 2. The zero-order valence-electron chi connectivity index (χ0n) is 35.6. The second kappa shape index (κ2) is 39.8. The summed E-state index contributed by atoms with van der Waals surface area (Å²) in [5.41, 5.74) is 0. The first kappa shape index (κ1) is 45.8. The van der Waals surface area contributed by atoms with E-state index in [1.165, 1.54) is 148 Å². The van der Waals surface area contributed by atoms with E-state index < -0.39 is 23.3 Å². The summed E-state index contributed by atoms with van der Waals surface area (Å²) in [7, 11) is 2.10. The SMILES string of the molecule is [2H][Si]([B])(OC[C@H](CCC(CCCCCCCCC)NC(=O)CCCCCCCCCCCCC)OC(=O)CCCCCCCCCCCCC)P[3H]. The third kappa shape index (κ3) is 37.4. The molecule has 0 heterocycles. The average Bonchev–Trinajstić information content (AvgIpc) is 3.13. The highest BCUT2D eigenvalue weighted by molar-refractivity contribution is 7.70. The summed E-state index contributed by atoms with van der Waals surface area (Å²) in [5, 5.41) is 3.33. The lowest BCUT2D eigenvalue weighted by molar-refractivity contribution is -0.151. The Labute approximate surface area is 320 Å². The Morgan fingerprint density at radius 1 is 0.620 bits per heavy atom. The van der Waals surface area contributed by atoms with Gasteiger partial charge in [0.1, 0.15) is 14.6 Å². The molecule has 0 aromatic carbocycles. The predicted molar refractivity (Wildman–Crippen MR) is 224 cm³/mol. The summed E-state index contributed by atoms with van der Waals surface area (Å²) in [6, 6.07) is 0.0256. The largest absolute Gasteiger partial charge is 0.460 e. The topological polar surface area (TPSA) is 64.6 Å². The molecule has 4 atom stereocenters. The first-order valence-corrected chi connectivity index (χ1v) is 24.9. The van der Waals surface area contributed by atoms with Gasteiger partial charge in [0.2, 0.25) is 5.91 Å². The van der Waals surface area contributed by atoms with Crippen molar-refractivity contribution in [1.82, 2.24) is 5.32 Å². The van der Waals surface area contributed by atoms with Crippen molar-refractivity contribution in [3.63, 3.8) is 0 Å². The fourth-order valence-electron chi connectivity index (χ4n) is 6.81. The maximum atomic E-state index is 13.0. The van der Waals surface area contributed by atoms with E-state index in [9.17, 15) is 9.59 Å². The Morgan fingerprint density at radius 3 is 1.46 bits per heavy atom. The van der Waals surface area contributed by atoms with E-state index in [1.54, 1.807) is 0 Å². The van der Waals surface area contributed by atoms with E-state index in [-0.39, 0.29) is 24.5 Å². The Balaban J connectivity index is 4.81. The molecule has 5 nitrogen and oxygen atoms in total. The monoisotopic (exact) mass is 741 g/mol. The van der Waals surface area contributed by atoms with Crippen LogP contribution in [0.2, 0.25) is 0 Å². The van der Waals surface area contributed by atoms with Gasteiger partial charge in [-0.3, -0.25) is 9.59 Å². The van der Waals surface area contributed by atoms with Gasteiger partial charge in [0, 0.05) is 20.1 Å². The van der Waals surface area contributed by atoms with E-state index in [0.717, 1.165) is 44.9 Å². The van der Waals surface area contributed by atoms with Crippen molar-refractivity contribution in [2.45, 2.75) is 251 Å². The average molecular weight is 741 g/mol. The van der Waals surface area contributed by atoms with Gasteiger partial charge in [-0.15, -0.1) is 8.73 Å². The number of rotatable bonds is 41. The Kier molecular flexibility index (Phi) is 36.4. The van der Waals surface area contributed by atoms with Crippen molar-refractivity contribution in [2.24, 2.45) is 0 Å². The highest BCUT2D eigenvalue weighted by Gasteiger charge is 2.20. The molecule has 8 heteroatoms. The van der Waals surface area contributed by atoms with Crippen molar-refractivity contribution in [1.29, 1.82) is 2.51 Å². The zero-order chi connectivity index (χ0) is 38.4. The standard InChI is InChI=1S/C42H85BNO4PSi/c1-4-7-10-13-16-18-20-22-25-28-31-34-41(45)44-39(33-30-27-24-15-12-9-6-3)36-37-40(38-47-50(43)49)48-42(46)35-32-29-26-23-21-19-17-14-11-8-5-2/h39-40,50H,4-38,49H2,1-3H3,(H,44,45)/t39?,40-,50?/m0/s1/i49T,50D/t39?,40-,49?,50?. The van der Waals surface area contributed by atoms with Crippen molar-refractivity contribution in [2.75, 3.05) is 6.61 Å². The van der Waals surface area contributed by atoms with Crippen LogP contribution in [0.1, 0.15) is 239 Å². The van der Waals surface area contributed by atoms with Crippen LogP contribution in [0, 0.1) is 0 Å². The van der Waals surface area contributed by atoms with Crippen LogP contribution >= 0.6 is 8.73 Å². The van der Waals surface area contributed by atoms with E-state index >= 15 is 0 Å². The molecule has 0 rings (SSSR count). The van der Waals surface area contributed by atoms with Crippen LogP contribution in [-0.4, -0.2) is 49.1 Å². The normalized spacial score (nSPS) is 14.7. The third-order valence-electron chi connectivity index (χ3n) is 10.1. The van der Waals surface area contributed by atoms with Gasteiger partial charge < -0.3 is 14.5 Å². The second-order valence-electron chi connectivity index (χ2n) is 15.1. The lowest BCUT2D eigenvalue weighted by Crippen LogP contribution is -2.36. The lowest BCUT2D eigenvalue weighted by atomic mass is 10.00. The van der Waals surface area contributed by atoms with E-state index in [2.05, 4.69) is 26.1 Å². The number of esters is 1. The van der Waals surface area contributed by atoms with Crippen molar-refractivity contribution >= 4 is 36.6 Å². The first-order chi connectivity index (χ1) is 25.3. The quantitative estimate of drug-likeness (QED) is 0.0293. The minimum atomic E-state index is -3.32. The smallest absolute Gasteiger partial charge is 0.306 e. The Morgan fingerprint density at radius 2 is 1.02 bits per heavy atom. The molecule has 0 spiro atoms. The summed E-state index contributed by atoms with van der Waals surface area (Å²) >= 11 is 0. The summed E-state index contributed by atoms with van der Waals surface area (Å²) in [5.74, 6) is -0.101. The number of ether oxygens (including phenoxy) is 1. The van der Waals surface area contributed by atoms with Gasteiger partial charge in [0.05, 0.1) is 15.3 Å². The van der Waals surface area contributed by atoms with E-state index in [1.807, 2.05) is 0 Å². The van der Waals surface area contributed by atoms with Gasteiger partial charge in [-0.1, -0.05) is 194 Å². The highest BCUT2D eigenvalue weighted by atomic mass is 31.3. The maximum absolute atomic E-state index is 13.0. The van der Waals surface area contributed by atoms with Gasteiger partial charge in [-0.05, 0) is 32.1 Å². The summed E-state index contributed by atoms with van der Waals surface area (Å²) in [4.78, 5) is 25.9. The molecule has 0 saturated heterocycles. The Hall–Kier alpha value is -0.388. The molecule has 50 heavy (non-hydrogen) atoms. The zero-order valence-corrected chi connectivity index (χ0v) is 35.6. The van der Waals surface area contributed by atoms with Crippen LogP contribution in [0.4, 0.5) is 0 Å². The van der Waals surface area contributed by atoms with Crippen LogP contribution in [-0.2, 0) is 18.8 Å². The number of hydrogen-bond donors (Lipinski definition) is 1. The van der Waals surface area contributed by atoms with Gasteiger partial charge in [0.15, 0.2) is 0 Å². The molecule has 0 saturated carbocycles. The molecule has 0 bridgehead atoms. The van der Waals surface area contributed by atoms with Crippen LogP contribution < -0.4 is 5.32 Å². The van der Waals surface area contributed by atoms with Crippen molar-refractivity contribution in [3.05, 3.63) is 0 Å². The molecule has 0 aliphatic rings. The number of amides is 1. The summed E-state index contributed by atoms with van der Waals surface area (Å²) < 4.78 is 27.4. The molecule has 2 radical (unpaired) electrons. The second-order valence-corrected chi connectivity index (χ2v) is 17.6. The first-order valence-electron chi connectivity index (χ1n) is 22.9. The summed E-state index contributed by atoms with van der Waals surface area (Å²) in [6.45, 7) is 6.81. The van der Waals surface area contributed by atoms with Gasteiger partial charge in [-0.2, -0.15) is 0 Å². The minimum absolute atomic E-state index is 0.0256. The molecule has 1 amide bonds. The lowest BCUT2D eigenvalue weighted by Gasteiger charge is -2.24. The maximum Gasteiger partial charge on any atom is 0.306 e. The molecule has 3 unspecified atom stereocenters. The highest BCUT2D eigenvalue weighted by Crippen LogP contribution is 2.18. The fourth-order valence-corrected chi connectivity index (χ4v) is 7.43. The number of hydrogen-bond acceptors (Lipinski definition) is 4. The van der Waals surface area contributed by atoms with Crippen LogP contribution in [0.5, 0.6) is 0 Å².